The topological polar surface area (TPSA) is 105 Å². The molecule has 1 unspecified atom stereocenters. The van der Waals surface area contributed by atoms with Crippen molar-refractivity contribution in [1.82, 2.24) is 0 Å². The van der Waals surface area contributed by atoms with Crippen LogP contribution in [0, 0.1) is 0 Å². The van der Waals surface area contributed by atoms with Gasteiger partial charge in [0.1, 0.15) is 0 Å². The number of carbonyl (C=O) groups is 2. The highest BCUT2D eigenvalue weighted by Gasteiger charge is 2.69. The number of hydrogen-bond acceptors (Lipinski definition) is 8. The second kappa shape index (κ2) is 16.0. The summed E-state index contributed by atoms with van der Waals surface area (Å²) >= 11 is 0. The van der Waals surface area contributed by atoms with Gasteiger partial charge < -0.3 is 14.2 Å². The second-order valence-corrected chi connectivity index (χ2v) is 15.0. The number of unbranched alkanes of at least 4 members (excludes halogenated alkanes) is 1. The van der Waals surface area contributed by atoms with Gasteiger partial charge in [-0.2, -0.15) is 39.2 Å². The fourth-order valence-electron chi connectivity index (χ4n) is 4.36. The lowest BCUT2D eigenvalue weighted by atomic mass is 10.1. The van der Waals surface area contributed by atoms with E-state index in [9.17, 15) is 31.2 Å². The van der Waals surface area contributed by atoms with Gasteiger partial charge in [-0.15, -0.1) is 0 Å². The Kier molecular flexibility index (Phi) is 12.9. The molecule has 0 aliphatic heterocycles. The highest BCUT2D eigenvalue weighted by atomic mass is 32.3. The smallest absolute Gasteiger partial charge is 0.461 e. The van der Waals surface area contributed by atoms with Crippen LogP contribution >= 0.6 is 10.3 Å². The van der Waals surface area contributed by atoms with Crippen LogP contribution in [0.4, 0.5) is 30.7 Å². The van der Waals surface area contributed by atoms with Crippen molar-refractivity contribution in [2.24, 2.45) is 0 Å². The van der Waals surface area contributed by atoms with E-state index in [0.717, 1.165) is 13.8 Å². The molecule has 274 valence electrons. The first-order chi connectivity index (χ1) is 23.3. The lowest BCUT2D eigenvalue weighted by Crippen LogP contribution is -2.58. The van der Waals surface area contributed by atoms with Crippen molar-refractivity contribution in [2.45, 2.75) is 70.9 Å². The highest BCUT2D eigenvalue weighted by molar-refractivity contribution is 8.33. The first-order valence-electron chi connectivity index (χ1n) is 14.8. The number of rotatable bonds is 17. The summed E-state index contributed by atoms with van der Waals surface area (Å²) in [5, 5.41) is -5.85. The van der Waals surface area contributed by atoms with Gasteiger partial charge in [0.15, 0.2) is 0 Å². The van der Waals surface area contributed by atoms with Crippen molar-refractivity contribution in [1.29, 1.82) is 0 Å². The van der Waals surface area contributed by atoms with Gasteiger partial charge in [0, 0.05) is 26.7 Å². The van der Waals surface area contributed by atoms with E-state index >= 15 is 17.6 Å². The van der Waals surface area contributed by atoms with E-state index in [2.05, 4.69) is 20.8 Å². The summed E-state index contributed by atoms with van der Waals surface area (Å²) < 4.78 is 149. The number of hydrogen-bond donors (Lipinski definition) is 0. The van der Waals surface area contributed by atoms with Crippen molar-refractivity contribution in [3.05, 3.63) is 103 Å². The van der Waals surface area contributed by atoms with Crippen molar-refractivity contribution in [3.8, 4) is 0 Å². The minimum Gasteiger partial charge on any atom is -0.461 e. The van der Waals surface area contributed by atoms with Crippen molar-refractivity contribution >= 4 is 32.4 Å². The number of carbonyl (C=O) groups excluding carboxylic acids is 2. The lowest BCUT2D eigenvalue weighted by molar-refractivity contribution is -0.354. The van der Waals surface area contributed by atoms with Crippen LogP contribution in [0.25, 0.3) is 0 Å². The molecular weight excluding hydrogens is 721 g/mol. The molecule has 0 fully saturated rings. The average molecular weight is 755 g/mol. The summed E-state index contributed by atoms with van der Waals surface area (Å²) in [6.45, 7) is 3.39. The van der Waals surface area contributed by atoms with Gasteiger partial charge in [0.2, 0.25) is 0 Å². The molecule has 1 atom stereocenters. The van der Waals surface area contributed by atoms with E-state index < -0.39 is 93.6 Å². The molecule has 0 amide bonds. The molecule has 0 N–H and O–H groups in total. The average Bonchev–Trinajstić information content (AvgIpc) is 3.06. The summed E-state index contributed by atoms with van der Waals surface area (Å²) in [6.07, 6.45) is -9.52. The van der Waals surface area contributed by atoms with Crippen LogP contribution in [0.2, 0.25) is 0 Å². The van der Waals surface area contributed by atoms with Gasteiger partial charge in [0.05, 0.1) is 13.2 Å². The summed E-state index contributed by atoms with van der Waals surface area (Å²) in [5.41, 5.74) is -0.561. The molecule has 0 heterocycles. The summed E-state index contributed by atoms with van der Waals surface area (Å²) in [7, 11) is -10.1. The summed E-state index contributed by atoms with van der Waals surface area (Å²) in [6, 6.07) is 22.1. The van der Waals surface area contributed by atoms with E-state index in [1.807, 2.05) is 0 Å². The van der Waals surface area contributed by atoms with Gasteiger partial charge in [0.25, 0.3) is 0 Å². The van der Waals surface area contributed by atoms with Crippen molar-refractivity contribution in [3.63, 3.8) is 0 Å². The zero-order chi connectivity index (χ0) is 37.4. The molecule has 0 radical (unpaired) electrons. The first kappa shape index (κ1) is 40.5. The van der Waals surface area contributed by atoms with Crippen LogP contribution in [0.5, 0.6) is 0 Å². The van der Waals surface area contributed by atoms with Crippen molar-refractivity contribution in [2.75, 3.05) is 13.2 Å². The molecule has 3 aromatic rings. The molecule has 3 aromatic carbocycles. The van der Waals surface area contributed by atoms with Crippen molar-refractivity contribution < 1.29 is 66.6 Å². The number of alkyl halides is 7. The van der Waals surface area contributed by atoms with E-state index in [0.29, 0.717) is 0 Å². The summed E-state index contributed by atoms with van der Waals surface area (Å²) in [5.74, 6) is -13.5. The number of ether oxygens (including phenoxy) is 3. The van der Waals surface area contributed by atoms with E-state index in [4.69, 9.17) is 3.63 Å². The predicted octanol–water partition coefficient (Wildman–Crippen LogP) is 8.59. The van der Waals surface area contributed by atoms with Crippen LogP contribution in [-0.4, -0.2) is 56.7 Å². The van der Waals surface area contributed by atoms with Crippen LogP contribution < -0.4 is 0 Å². The van der Waals surface area contributed by atoms with Crippen LogP contribution in [-0.2, 0) is 37.5 Å². The molecule has 0 bridgehead atoms. The maximum absolute atomic E-state index is 15.6. The Hall–Kier alpha value is -3.93. The third-order valence-electron chi connectivity index (χ3n) is 6.85. The Morgan fingerprint density at radius 1 is 0.740 bits per heavy atom. The minimum atomic E-state index is -6.50. The number of halogens is 7. The van der Waals surface area contributed by atoms with E-state index in [-0.39, 0.29) is 14.7 Å². The predicted molar refractivity (Wildman–Crippen MR) is 168 cm³/mol. The number of benzene rings is 3. The second-order valence-electron chi connectivity index (χ2n) is 10.5. The van der Waals surface area contributed by atoms with Crippen LogP contribution in [0.3, 0.4) is 0 Å². The Morgan fingerprint density at radius 2 is 1.18 bits per heavy atom. The molecular formula is C33H33F7O8S2. The quantitative estimate of drug-likeness (QED) is 0.0444. The molecule has 17 heteroatoms. The van der Waals surface area contributed by atoms with Crippen LogP contribution in [0.15, 0.2) is 118 Å². The standard InChI is InChI=1S/C33H33F7O8S2/c1-4-45-29(42)31(32(36,37)38,47-28(41)24(2)3)46-23-15-14-22-30(34,35)33(39,40)50(43,44)48-49(25-16-8-5-9-17-25,26-18-10-6-11-19-26)27-20-12-7-13-21-27/h5-13,16-21H,2,4,14-15,22-23H2,1,3H3. The largest absolute Gasteiger partial charge is 0.468 e. The van der Waals surface area contributed by atoms with E-state index in [1.165, 1.54) is 72.8 Å². The van der Waals surface area contributed by atoms with Crippen LogP contribution in [0.1, 0.15) is 33.1 Å². The SMILES string of the molecule is C=C(C)C(=O)OC(OCCCCC(F)(F)C(F)(F)S(=O)(=O)OS(c1ccccc1)(c1ccccc1)c1ccccc1)(C(=O)OCC)C(F)(F)F. The zero-order valence-corrected chi connectivity index (χ0v) is 28.3. The fourth-order valence-corrected chi connectivity index (χ4v) is 9.63. The molecule has 8 nitrogen and oxygen atoms in total. The third-order valence-corrected chi connectivity index (χ3v) is 12.1. The highest BCUT2D eigenvalue weighted by Crippen LogP contribution is 2.71. The Balaban J connectivity index is 1.91. The van der Waals surface area contributed by atoms with Gasteiger partial charge in [-0.1, -0.05) is 61.2 Å². The third kappa shape index (κ3) is 8.33. The molecule has 0 saturated heterocycles. The molecule has 50 heavy (non-hydrogen) atoms. The van der Waals surface area contributed by atoms with Gasteiger partial charge in [-0.25, -0.2) is 13.2 Å². The van der Waals surface area contributed by atoms with Gasteiger partial charge >= 0.3 is 45.2 Å². The van der Waals surface area contributed by atoms with Gasteiger partial charge in [-0.05, 0) is 73.4 Å². The maximum atomic E-state index is 15.6. The maximum Gasteiger partial charge on any atom is 0.468 e. The molecule has 0 aromatic heterocycles. The molecule has 0 saturated carbocycles. The fraction of sp³-hybridized carbons (Fsp3) is 0.333. The molecule has 0 aliphatic carbocycles. The normalized spacial score (nSPS) is 14.3. The summed E-state index contributed by atoms with van der Waals surface area (Å²) in [4.78, 5) is 24.5. The monoisotopic (exact) mass is 754 g/mol. The lowest BCUT2D eigenvalue weighted by Gasteiger charge is -2.40. The molecule has 0 aliphatic rings. The zero-order valence-electron chi connectivity index (χ0n) is 26.6. The molecule has 0 spiro atoms. The molecule has 3 rings (SSSR count). The first-order valence-corrected chi connectivity index (χ1v) is 17.7. The minimum absolute atomic E-state index is 0.0966. The van der Waals surface area contributed by atoms with Gasteiger partial charge in [-0.3, -0.25) is 0 Å². The Morgan fingerprint density at radius 3 is 1.56 bits per heavy atom. The Bertz CT molecular complexity index is 1630. The number of esters is 2. The van der Waals surface area contributed by atoms with E-state index in [1.54, 1.807) is 18.2 Å². The Labute approximate surface area is 285 Å².